The molecule has 0 bridgehead atoms. The average molecular weight is 310 g/mol. The first kappa shape index (κ1) is 12.0. The predicted octanol–water partition coefficient (Wildman–Crippen LogP) is 2.81. The summed E-state index contributed by atoms with van der Waals surface area (Å²) in [5.74, 6) is 0.560. The molecule has 1 aliphatic carbocycles. The van der Waals surface area contributed by atoms with Gasteiger partial charge in [-0.2, -0.15) is 0 Å². The average Bonchev–Trinajstić information content (AvgIpc) is 2.94. The summed E-state index contributed by atoms with van der Waals surface area (Å²) in [5.41, 5.74) is 8.92. The zero-order valence-corrected chi connectivity index (χ0v) is 11.6. The Morgan fingerprint density at radius 1 is 1.22 bits per heavy atom. The molecule has 1 atom stereocenters. The quantitative estimate of drug-likeness (QED) is 0.798. The van der Waals surface area contributed by atoms with Crippen LogP contribution in [0.5, 0.6) is 0 Å². The van der Waals surface area contributed by atoms with Gasteiger partial charge in [0, 0.05) is 10.5 Å². The summed E-state index contributed by atoms with van der Waals surface area (Å²) >= 11 is 3.56. The van der Waals surface area contributed by atoms with Crippen LogP contribution in [-0.2, 0) is 0 Å². The maximum atomic E-state index is 11.3. The van der Waals surface area contributed by atoms with Gasteiger partial charge in [0.15, 0.2) is 0 Å². The van der Waals surface area contributed by atoms with Crippen LogP contribution in [0.1, 0.15) is 37.3 Å². The van der Waals surface area contributed by atoms with Crippen LogP contribution in [-0.4, -0.2) is 9.97 Å². The van der Waals surface area contributed by atoms with E-state index in [1.165, 1.54) is 25.7 Å². The van der Waals surface area contributed by atoms with Crippen LogP contribution in [0.2, 0.25) is 0 Å². The molecule has 1 aromatic heterocycles. The maximum Gasteiger partial charge on any atom is 0.323 e. The second-order valence-corrected chi connectivity index (χ2v) is 5.92. The van der Waals surface area contributed by atoms with Gasteiger partial charge in [-0.3, -0.25) is 0 Å². The second kappa shape index (κ2) is 4.55. The topological polar surface area (TPSA) is 74.7 Å². The van der Waals surface area contributed by atoms with Gasteiger partial charge < -0.3 is 15.7 Å². The van der Waals surface area contributed by atoms with Crippen LogP contribution in [0.4, 0.5) is 0 Å². The van der Waals surface area contributed by atoms with Crippen LogP contribution in [0.15, 0.2) is 21.4 Å². The molecule has 3 rings (SSSR count). The molecule has 0 radical (unpaired) electrons. The summed E-state index contributed by atoms with van der Waals surface area (Å²) in [7, 11) is 0. The first-order chi connectivity index (χ1) is 8.65. The van der Waals surface area contributed by atoms with E-state index < -0.39 is 0 Å². The number of nitrogens with two attached hydrogens (primary N) is 1. The highest BCUT2D eigenvalue weighted by Crippen LogP contribution is 2.37. The highest BCUT2D eigenvalue weighted by Gasteiger charge is 2.25. The summed E-state index contributed by atoms with van der Waals surface area (Å²) in [6.45, 7) is 0. The Labute approximate surface area is 113 Å². The molecule has 1 aliphatic rings. The molecule has 96 valence electrons. The Kier molecular flexibility index (Phi) is 3.03. The molecule has 1 fully saturated rings. The number of hydrogen-bond donors (Lipinski definition) is 3. The number of hydrogen-bond acceptors (Lipinski definition) is 2. The summed E-state index contributed by atoms with van der Waals surface area (Å²) in [5, 5.41) is 0. The van der Waals surface area contributed by atoms with E-state index in [1.807, 2.05) is 12.1 Å². The van der Waals surface area contributed by atoms with Crippen molar-refractivity contribution in [1.82, 2.24) is 9.97 Å². The van der Waals surface area contributed by atoms with Gasteiger partial charge in [-0.05, 0) is 36.5 Å². The van der Waals surface area contributed by atoms with Crippen molar-refractivity contribution in [3.05, 3.63) is 32.7 Å². The standard InChI is InChI=1S/C13H16BrN3O/c14-9-6-11-10(16-13(18)17-11)5-8(9)12(15)7-3-1-2-4-7/h5-7,12H,1-4,15H2,(H2,16,17,18). The van der Waals surface area contributed by atoms with Gasteiger partial charge >= 0.3 is 5.69 Å². The first-order valence-electron chi connectivity index (χ1n) is 6.32. The van der Waals surface area contributed by atoms with E-state index in [4.69, 9.17) is 5.73 Å². The fourth-order valence-electron chi connectivity index (χ4n) is 2.90. The summed E-state index contributed by atoms with van der Waals surface area (Å²) in [6.07, 6.45) is 4.96. The zero-order chi connectivity index (χ0) is 12.7. The number of aromatic nitrogens is 2. The van der Waals surface area contributed by atoms with Crippen molar-refractivity contribution in [3.63, 3.8) is 0 Å². The minimum atomic E-state index is -0.177. The van der Waals surface area contributed by atoms with Gasteiger partial charge in [-0.15, -0.1) is 0 Å². The van der Waals surface area contributed by atoms with Crippen molar-refractivity contribution in [2.24, 2.45) is 11.7 Å². The fraction of sp³-hybridized carbons (Fsp3) is 0.462. The lowest BCUT2D eigenvalue weighted by Crippen LogP contribution is -2.19. The van der Waals surface area contributed by atoms with Gasteiger partial charge in [0.25, 0.3) is 0 Å². The molecule has 5 heteroatoms. The molecular weight excluding hydrogens is 294 g/mol. The largest absolute Gasteiger partial charge is 0.324 e. The predicted molar refractivity (Wildman–Crippen MR) is 75.5 cm³/mol. The van der Waals surface area contributed by atoms with E-state index >= 15 is 0 Å². The molecule has 0 aliphatic heterocycles. The van der Waals surface area contributed by atoms with Gasteiger partial charge in [-0.1, -0.05) is 28.8 Å². The lowest BCUT2D eigenvalue weighted by molar-refractivity contribution is 0.444. The van der Waals surface area contributed by atoms with Crippen molar-refractivity contribution < 1.29 is 0 Å². The fourth-order valence-corrected chi connectivity index (χ4v) is 3.51. The van der Waals surface area contributed by atoms with Gasteiger partial charge in [0.05, 0.1) is 11.0 Å². The number of imidazole rings is 1. The Morgan fingerprint density at radius 3 is 2.50 bits per heavy atom. The molecular formula is C13H16BrN3O. The molecule has 0 spiro atoms. The van der Waals surface area contributed by atoms with E-state index in [0.717, 1.165) is 21.1 Å². The molecule has 4 N–H and O–H groups in total. The molecule has 0 amide bonds. The number of aromatic amines is 2. The van der Waals surface area contributed by atoms with Crippen molar-refractivity contribution in [3.8, 4) is 0 Å². The lowest BCUT2D eigenvalue weighted by Gasteiger charge is -2.20. The highest BCUT2D eigenvalue weighted by molar-refractivity contribution is 9.10. The smallest absolute Gasteiger partial charge is 0.323 e. The third kappa shape index (κ3) is 2.01. The summed E-state index contributed by atoms with van der Waals surface area (Å²) in [4.78, 5) is 16.8. The SMILES string of the molecule is NC(c1cc2[nH]c(=O)[nH]c2cc1Br)C1CCCC1. The van der Waals surface area contributed by atoms with Crippen LogP contribution in [0.3, 0.4) is 0 Å². The van der Waals surface area contributed by atoms with E-state index in [9.17, 15) is 4.79 Å². The van der Waals surface area contributed by atoms with Crippen LogP contribution in [0, 0.1) is 5.92 Å². The molecule has 1 unspecified atom stereocenters. The number of benzene rings is 1. The van der Waals surface area contributed by atoms with E-state index in [0.29, 0.717) is 5.92 Å². The minimum absolute atomic E-state index is 0.0460. The van der Waals surface area contributed by atoms with Gasteiger partial charge in [0.1, 0.15) is 0 Å². The molecule has 18 heavy (non-hydrogen) atoms. The third-order valence-electron chi connectivity index (χ3n) is 3.90. The molecule has 1 aromatic carbocycles. The number of rotatable bonds is 2. The molecule has 4 nitrogen and oxygen atoms in total. The monoisotopic (exact) mass is 309 g/mol. The number of nitrogens with one attached hydrogen (secondary N) is 2. The van der Waals surface area contributed by atoms with Crippen molar-refractivity contribution in [1.29, 1.82) is 0 Å². The van der Waals surface area contributed by atoms with Gasteiger partial charge in [0.2, 0.25) is 0 Å². The van der Waals surface area contributed by atoms with E-state index in [-0.39, 0.29) is 11.7 Å². The Bertz CT molecular complexity index is 625. The second-order valence-electron chi connectivity index (χ2n) is 5.07. The van der Waals surface area contributed by atoms with Crippen molar-refractivity contribution in [2.75, 3.05) is 0 Å². The normalized spacial score (nSPS) is 18.6. The van der Waals surface area contributed by atoms with Gasteiger partial charge in [-0.25, -0.2) is 4.79 Å². The number of H-pyrrole nitrogens is 2. The van der Waals surface area contributed by atoms with Crippen LogP contribution in [0.25, 0.3) is 11.0 Å². The Hall–Kier alpha value is -1.07. The third-order valence-corrected chi connectivity index (χ3v) is 4.59. The first-order valence-corrected chi connectivity index (χ1v) is 7.11. The van der Waals surface area contributed by atoms with Crippen LogP contribution < -0.4 is 11.4 Å². The summed E-state index contributed by atoms with van der Waals surface area (Å²) < 4.78 is 0.977. The zero-order valence-electron chi connectivity index (χ0n) is 10.0. The number of fused-ring (bicyclic) bond motifs is 1. The minimum Gasteiger partial charge on any atom is -0.324 e. The summed E-state index contributed by atoms with van der Waals surface area (Å²) in [6, 6.07) is 3.96. The van der Waals surface area contributed by atoms with Crippen LogP contribution >= 0.6 is 15.9 Å². The molecule has 0 saturated heterocycles. The lowest BCUT2D eigenvalue weighted by atomic mass is 9.92. The van der Waals surface area contributed by atoms with Crippen molar-refractivity contribution in [2.45, 2.75) is 31.7 Å². The molecule has 1 saturated carbocycles. The van der Waals surface area contributed by atoms with Crippen molar-refractivity contribution >= 4 is 27.0 Å². The maximum absolute atomic E-state index is 11.3. The van der Waals surface area contributed by atoms with E-state index in [2.05, 4.69) is 25.9 Å². The Balaban J connectivity index is 2.04. The molecule has 2 aromatic rings. The number of halogens is 1. The Morgan fingerprint density at radius 2 is 1.83 bits per heavy atom. The molecule has 1 heterocycles. The highest BCUT2D eigenvalue weighted by atomic mass is 79.9. The van der Waals surface area contributed by atoms with E-state index in [1.54, 1.807) is 0 Å².